The van der Waals surface area contributed by atoms with E-state index < -0.39 is 17.3 Å². The minimum absolute atomic E-state index is 0. The van der Waals surface area contributed by atoms with Crippen molar-refractivity contribution in [2.45, 2.75) is 43.5 Å². The Hall–Kier alpha value is -3.35. The Kier molecular flexibility index (Phi) is 8.62. The Morgan fingerprint density at radius 3 is 2.67 bits per heavy atom. The van der Waals surface area contributed by atoms with E-state index in [2.05, 4.69) is 33.5 Å². The zero-order chi connectivity index (χ0) is 25.4. The van der Waals surface area contributed by atoms with Crippen LogP contribution in [0, 0.1) is 11.3 Å². The number of hydrogen-bond donors (Lipinski definition) is 2. The highest BCUT2D eigenvalue weighted by Gasteiger charge is 2.37. The van der Waals surface area contributed by atoms with Crippen molar-refractivity contribution in [2.75, 3.05) is 30.7 Å². The number of carbonyl (C=O) groups excluding carboxylic acids is 1. The fourth-order valence-corrected chi connectivity index (χ4v) is 5.43. The van der Waals surface area contributed by atoms with Gasteiger partial charge in [-0.15, -0.1) is 0 Å². The Morgan fingerprint density at radius 2 is 1.94 bits per heavy atom. The molecule has 4 rings (SSSR count). The number of benzene rings is 2. The second-order valence-corrected chi connectivity index (χ2v) is 10.1. The number of para-hydroxylation sites is 1. The number of nitrogens with zero attached hydrogens (tertiary/aromatic N) is 3. The van der Waals surface area contributed by atoms with Gasteiger partial charge in [-0.3, -0.25) is 4.79 Å². The van der Waals surface area contributed by atoms with Crippen LogP contribution in [0.1, 0.15) is 33.2 Å². The van der Waals surface area contributed by atoms with E-state index in [-0.39, 0.29) is 7.33 Å². The molecule has 1 amide bonds. The lowest BCUT2D eigenvalue weighted by Crippen LogP contribution is -2.57. The summed E-state index contributed by atoms with van der Waals surface area (Å²) in [4.78, 5) is 32.0. The standard InChI is InChI=1S/C27H31N5O3S.H2/c1-2-14-32-15-12-27(19-28,13-16-32)31-25(33)22(18-36-17-20-8-4-3-5-9-20)29-24-21-10-6-7-11-23(21)35-26(34)30-24;/h3-11,22H,2,12-18H2,1H3,(H,31,33)(H,29,30,34);1H/t22-;/m0./s1. The third-order valence-corrected chi connectivity index (χ3v) is 7.50. The van der Waals surface area contributed by atoms with Crippen LogP contribution in [0.2, 0.25) is 0 Å². The molecule has 3 aromatic rings. The Balaban J connectivity index is 0.00000380. The molecule has 0 aliphatic carbocycles. The molecule has 0 saturated carbocycles. The number of likely N-dealkylation sites (tertiary alicyclic amines) is 1. The summed E-state index contributed by atoms with van der Waals surface area (Å²) in [5.74, 6) is 0.447. The number of rotatable bonds is 10. The maximum Gasteiger partial charge on any atom is 0.441 e. The molecular formula is C27H33N5O3S. The van der Waals surface area contributed by atoms with Gasteiger partial charge in [-0.25, -0.2) is 4.79 Å². The number of aromatic nitrogens is 1. The summed E-state index contributed by atoms with van der Waals surface area (Å²) >= 11 is 1.60. The molecule has 0 unspecified atom stereocenters. The van der Waals surface area contributed by atoms with E-state index in [0.29, 0.717) is 35.4 Å². The summed E-state index contributed by atoms with van der Waals surface area (Å²) in [5.41, 5.74) is 0.645. The number of fused-ring (bicyclic) bond motifs is 1. The summed E-state index contributed by atoms with van der Waals surface area (Å²) in [6.45, 7) is 4.67. The lowest BCUT2D eigenvalue weighted by Gasteiger charge is -2.38. The molecule has 1 fully saturated rings. The van der Waals surface area contributed by atoms with Gasteiger partial charge in [0.15, 0.2) is 0 Å². The lowest BCUT2D eigenvalue weighted by atomic mass is 9.88. The first kappa shape index (κ1) is 25.7. The van der Waals surface area contributed by atoms with Crippen molar-refractivity contribution in [1.29, 1.82) is 5.26 Å². The zero-order valence-electron chi connectivity index (χ0n) is 20.4. The number of nitrogens with one attached hydrogen (secondary N) is 2. The van der Waals surface area contributed by atoms with Gasteiger partial charge in [0.2, 0.25) is 5.91 Å². The number of hydrogen-bond acceptors (Lipinski definition) is 8. The molecule has 0 bridgehead atoms. The van der Waals surface area contributed by atoms with Gasteiger partial charge in [0.25, 0.3) is 0 Å². The summed E-state index contributed by atoms with van der Waals surface area (Å²) in [6.07, 6.45) is 2.22. The van der Waals surface area contributed by atoms with Crippen LogP contribution in [0.3, 0.4) is 0 Å². The molecule has 1 atom stereocenters. The fourth-order valence-electron chi connectivity index (χ4n) is 4.41. The predicted molar refractivity (Wildman–Crippen MR) is 145 cm³/mol. The minimum atomic E-state index is -0.906. The van der Waals surface area contributed by atoms with Gasteiger partial charge in [-0.2, -0.15) is 22.0 Å². The molecule has 2 aromatic carbocycles. The Bertz CT molecular complexity index is 1270. The van der Waals surface area contributed by atoms with Gasteiger partial charge >= 0.3 is 5.76 Å². The van der Waals surface area contributed by atoms with E-state index in [4.69, 9.17) is 4.42 Å². The van der Waals surface area contributed by atoms with Crippen LogP contribution in [0.4, 0.5) is 5.82 Å². The van der Waals surface area contributed by atoms with E-state index >= 15 is 0 Å². The van der Waals surface area contributed by atoms with Gasteiger partial charge in [-0.05, 0) is 43.5 Å². The minimum Gasteiger partial charge on any atom is -0.408 e. The predicted octanol–water partition coefficient (Wildman–Crippen LogP) is 4.03. The quantitative estimate of drug-likeness (QED) is 0.423. The molecule has 2 N–H and O–H groups in total. The van der Waals surface area contributed by atoms with Crippen molar-refractivity contribution in [3.63, 3.8) is 0 Å². The van der Waals surface area contributed by atoms with Gasteiger partial charge in [0.1, 0.15) is 23.0 Å². The molecule has 0 radical (unpaired) electrons. The molecule has 1 saturated heterocycles. The van der Waals surface area contributed by atoms with Crippen molar-refractivity contribution in [1.82, 2.24) is 15.2 Å². The van der Waals surface area contributed by atoms with Crippen LogP contribution in [0.5, 0.6) is 0 Å². The molecule has 0 spiro atoms. The van der Waals surface area contributed by atoms with E-state index in [1.165, 1.54) is 0 Å². The van der Waals surface area contributed by atoms with Crippen LogP contribution in [-0.4, -0.2) is 52.8 Å². The number of piperidine rings is 1. The number of thioether (sulfide) groups is 1. The van der Waals surface area contributed by atoms with Gasteiger partial charge in [-0.1, -0.05) is 49.4 Å². The Labute approximate surface area is 216 Å². The Morgan fingerprint density at radius 1 is 1.22 bits per heavy atom. The largest absolute Gasteiger partial charge is 0.441 e. The molecule has 190 valence electrons. The van der Waals surface area contributed by atoms with Crippen LogP contribution < -0.4 is 16.4 Å². The molecule has 2 heterocycles. The molecule has 1 aromatic heterocycles. The molecular weight excluding hydrogens is 474 g/mol. The topological polar surface area (TPSA) is 111 Å². The molecule has 8 nitrogen and oxygen atoms in total. The van der Waals surface area contributed by atoms with Crippen LogP contribution in [0.25, 0.3) is 11.0 Å². The average molecular weight is 508 g/mol. The third-order valence-electron chi connectivity index (χ3n) is 6.39. The zero-order valence-corrected chi connectivity index (χ0v) is 21.2. The fraction of sp³-hybridized carbons (Fsp3) is 0.407. The van der Waals surface area contributed by atoms with E-state index in [0.717, 1.165) is 37.4 Å². The molecule has 1 aliphatic heterocycles. The first-order valence-electron chi connectivity index (χ1n) is 12.3. The van der Waals surface area contributed by atoms with Gasteiger partial charge in [0.05, 0.1) is 11.5 Å². The number of carbonyl (C=O) groups is 1. The van der Waals surface area contributed by atoms with Gasteiger partial charge in [0, 0.05) is 26.0 Å². The summed E-state index contributed by atoms with van der Waals surface area (Å²) in [7, 11) is 0. The second kappa shape index (κ2) is 12.1. The highest BCUT2D eigenvalue weighted by molar-refractivity contribution is 7.98. The van der Waals surface area contributed by atoms with Crippen molar-refractivity contribution < 1.29 is 10.6 Å². The average Bonchev–Trinajstić information content (AvgIpc) is 2.90. The summed E-state index contributed by atoms with van der Waals surface area (Å²) in [6, 6.07) is 18.8. The monoisotopic (exact) mass is 507 g/mol. The first-order valence-corrected chi connectivity index (χ1v) is 13.4. The SMILES string of the molecule is CCCN1CCC(C#N)(NC(=O)[C@H](CSCc2ccccc2)Nc2nc(=O)oc3ccccc23)CC1.[HH]. The molecule has 9 heteroatoms. The van der Waals surface area contributed by atoms with Crippen LogP contribution in [0.15, 0.2) is 63.8 Å². The third kappa shape index (κ3) is 6.45. The number of anilines is 1. The normalized spacial score (nSPS) is 16.2. The number of amides is 1. The van der Waals surface area contributed by atoms with Crippen LogP contribution in [-0.2, 0) is 10.5 Å². The van der Waals surface area contributed by atoms with E-state index in [1.54, 1.807) is 30.0 Å². The smallest absolute Gasteiger partial charge is 0.408 e. The van der Waals surface area contributed by atoms with E-state index in [1.807, 2.05) is 36.4 Å². The van der Waals surface area contributed by atoms with Crippen molar-refractivity contribution >= 4 is 34.5 Å². The van der Waals surface area contributed by atoms with Crippen molar-refractivity contribution in [3.8, 4) is 6.07 Å². The summed E-state index contributed by atoms with van der Waals surface area (Å²) in [5, 5.41) is 16.9. The maximum atomic E-state index is 13.6. The molecule has 36 heavy (non-hydrogen) atoms. The first-order chi connectivity index (χ1) is 17.5. The highest BCUT2D eigenvalue weighted by Crippen LogP contribution is 2.24. The van der Waals surface area contributed by atoms with Crippen molar-refractivity contribution in [3.05, 3.63) is 70.7 Å². The second-order valence-electron chi connectivity index (χ2n) is 9.05. The van der Waals surface area contributed by atoms with E-state index in [9.17, 15) is 14.9 Å². The number of nitriles is 1. The lowest BCUT2D eigenvalue weighted by molar-refractivity contribution is -0.123. The van der Waals surface area contributed by atoms with Crippen LogP contribution >= 0.6 is 11.8 Å². The maximum absolute atomic E-state index is 13.6. The molecule has 1 aliphatic rings. The van der Waals surface area contributed by atoms with Gasteiger partial charge < -0.3 is 20.0 Å². The van der Waals surface area contributed by atoms with Crippen molar-refractivity contribution in [2.24, 2.45) is 0 Å². The summed E-state index contributed by atoms with van der Waals surface area (Å²) < 4.78 is 5.21. The highest BCUT2D eigenvalue weighted by atomic mass is 32.2.